The summed E-state index contributed by atoms with van der Waals surface area (Å²) in [6.07, 6.45) is 16.9. The van der Waals surface area contributed by atoms with Gasteiger partial charge in [-0.2, -0.15) is 0 Å². The van der Waals surface area contributed by atoms with Gasteiger partial charge in [0.05, 0.1) is 4.90 Å². The Labute approximate surface area is 255 Å². The first-order valence-electron chi connectivity index (χ1n) is 15.2. The van der Waals surface area contributed by atoms with Crippen LogP contribution in [0.5, 0.6) is 0 Å². The van der Waals surface area contributed by atoms with Gasteiger partial charge in [0.2, 0.25) is 0 Å². The zero-order valence-electron chi connectivity index (χ0n) is 24.7. The number of hydrogen-bond acceptors (Lipinski definition) is 5. The Morgan fingerprint density at radius 1 is 0.643 bits per heavy atom. The molecule has 0 radical (unpaired) electrons. The first kappa shape index (κ1) is 33.5. The van der Waals surface area contributed by atoms with E-state index in [0.717, 1.165) is 29.4 Å². The van der Waals surface area contributed by atoms with Crippen LogP contribution in [-0.2, 0) is 10.0 Å². The molecule has 3 rings (SSSR count). The summed E-state index contributed by atoms with van der Waals surface area (Å²) in [5.41, 5.74) is 1.01. The minimum atomic E-state index is -4.04. The maximum atomic E-state index is 12.7. The van der Waals surface area contributed by atoms with Gasteiger partial charge in [-0.1, -0.05) is 126 Å². The summed E-state index contributed by atoms with van der Waals surface area (Å²) in [7, 11) is -4.04. The van der Waals surface area contributed by atoms with Crippen molar-refractivity contribution in [2.75, 3.05) is 16.4 Å². The summed E-state index contributed by atoms with van der Waals surface area (Å²) >= 11 is 1.28. The zero-order valence-corrected chi connectivity index (χ0v) is 26.3. The van der Waals surface area contributed by atoms with Crippen LogP contribution in [-0.4, -0.2) is 25.4 Å². The van der Waals surface area contributed by atoms with Crippen molar-refractivity contribution in [2.24, 2.45) is 0 Å². The number of sulfonamides is 1. The van der Waals surface area contributed by atoms with Crippen molar-refractivity contribution < 1.29 is 18.0 Å². The summed E-state index contributed by atoms with van der Waals surface area (Å²) in [6.45, 7) is 2.26. The number of urea groups is 1. The minimum absolute atomic E-state index is 0.00529. The van der Waals surface area contributed by atoms with Gasteiger partial charge in [0.15, 0.2) is 0 Å². The highest BCUT2D eigenvalue weighted by atomic mass is 32.2. The van der Waals surface area contributed by atoms with E-state index in [9.17, 15) is 18.0 Å². The number of thioether (sulfide) groups is 1. The Morgan fingerprint density at radius 3 is 1.76 bits per heavy atom. The van der Waals surface area contributed by atoms with E-state index >= 15 is 0 Å². The van der Waals surface area contributed by atoms with Crippen LogP contribution < -0.4 is 15.4 Å². The fourth-order valence-corrected chi connectivity index (χ4v) is 6.41. The van der Waals surface area contributed by atoms with Gasteiger partial charge in [0.25, 0.3) is 15.3 Å². The van der Waals surface area contributed by atoms with E-state index in [1.54, 1.807) is 30.3 Å². The average molecular weight is 612 g/mol. The largest absolute Gasteiger partial charge is 0.333 e. The molecule has 0 saturated heterocycles. The fourth-order valence-electron chi connectivity index (χ4n) is 4.75. The summed E-state index contributed by atoms with van der Waals surface area (Å²) in [5, 5.41) is 6.92. The van der Waals surface area contributed by atoms with Crippen LogP contribution >= 0.6 is 11.8 Å². The number of fused-ring (bicyclic) bond motifs is 1. The lowest BCUT2D eigenvalue weighted by Gasteiger charge is -2.10. The highest BCUT2D eigenvalue weighted by Gasteiger charge is 2.18. The van der Waals surface area contributed by atoms with E-state index in [1.165, 1.54) is 94.5 Å². The molecule has 0 aliphatic carbocycles. The molecule has 7 nitrogen and oxygen atoms in total. The van der Waals surface area contributed by atoms with E-state index in [-0.39, 0.29) is 10.1 Å². The number of carbonyl (C=O) groups is 2. The molecule has 228 valence electrons. The first-order chi connectivity index (χ1) is 20.4. The van der Waals surface area contributed by atoms with Crippen LogP contribution in [0.15, 0.2) is 71.6 Å². The van der Waals surface area contributed by atoms with Crippen molar-refractivity contribution >= 4 is 55.2 Å². The number of rotatable bonds is 18. The molecule has 0 aliphatic rings. The second-order valence-electron chi connectivity index (χ2n) is 10.6. The van der Waals surface area contributed by atoms with Crippen molar-refractivity contribution in [3.8, 4) is 0 Å². The lowest BCUT2D eigenvalue weighted by atomic mass is 10.1. The summed E-state index contributed by atoms with van der Waals surface area (Å²) in [4.78, 5) is 24.6. The van der Waals surface area contributed by atoms with E-state index in [4.69, 9.17) is 0 Å². The summed E-state index contributed by atoms with van der Waals surface area (Å²) in [6, 6.07) is 17.8. The van der Waals surface area contributed by atoms with Gasteiger partial charge in [0.1, 0.15) is 0 Å². The molecule has 3 aromatic carbocycles. The molecule has 0 bridgehead atoms. The third-order valence-corrected chi connectivity index (χ3v) is 9.31. The van der Waals surface area contributed by atoms with Gasteiger partial charge >= 0.3 is 6.03 Å². The average Bonchev–Trinajstić information content (AvgIpc) is 2.97. The number of hydrogen-bond donors (Lipinski definition) is 3. The van der Waals surface area contributed by atoms with Crippen LogP contribution in [0.25, 0.3) is 10.8 Å². The molecule has 0 fully saturated rings. The molecule has 0 heterocycles. The number of benzene rings is 3. The van der Waals surface area contributed by atoms with Crippen LogP contribution in [0.1, 0.15) is 90.4 Å². The maximum Gasteiger partial charge on any atom is 0.333 e. The molecular formula is C33H45N3O4S2. The predicted molar refractivity (Wildman–Crippen MR) is 177 cm³/mol. The smallest absolute Gasteiger partial charge is 0.317 e. The number of nitrogens with one attached hydrogen (secondary N) is 3. The number of unbranched alkanes of at least 4 members (excludes halogenated alkanes) is 12. The molecule has 3 aromatic rings. The molecular weight excluding hydrogens is 567 g/mol. The molecule has 0 aromatic heterocycles. The molecule has 0 saturated carbocycles. The van der Waals surface area contributed by atoms with Crippen molar-refractivity contribution in [3.63, 3.8) is 0 Å². The van der Waals surface area contributed by atoms with Crippen LogP contribution in [0.4, 0.5) is 21.0 Å². The normalized spacial score (nSPS) is 11.4. The molecule has 0 unspecified atom stereocenters. The predicted octanol–water partition coefficient (Wildman–Crippen LogP) is 9.71. The quantitative estimate of drug-likeness (QED) is 0.124. The van der Waals surface area contributed by atoms with E-state index < -0.39 is 16.1 Å². The van der Waals surface area contributed by atoms with Crippen LogP contribution in [0.2, 0.25) is 0 Å². The van der Waals surface area contributed by atoms with Crippen molar-refractivity contribution in [1.29, 1.82) is 0 Å². The molecule has 9 heteroatoms. The van der Waals surface area contributed by atoms with Gasteiger partial charge in [0, 0.05) is 17.1 Å². The number of amides is 3. The third kappa shape index (κ3) is 12.4. The number of carbonyl (C=O) groups excluding carboxylic acids is 2. The topological polar surface area (TPSA) is 104 Å². The number of anilines is 2. The fraction of sp³-hybridized carbons (Fsp3) is 0.455. The Bertz CT molecular complexity index is 1360. The second kappa shape index (κ2) is 18.5. The monoisotopic (exact) mass is 611 g/mol. The summed E-state index contributed by atoms with van der Waals surface area (Å²) in [5.74, 6) is 0.787. The molecule has 42 heavy (non-hydrogen) atoms. The standard InChI is InChI=1S/C33H45N3O4S2/c1-2-3-4-5-6-7-8-9-10-11-12-13-16-25-41-33(38)35-30-22-20-29(21-23-30)34-32(37)36-42(39,40)31-24-19-27-17-14-15-18-28(27)26-31/h14-15,17-24,26H,2-13,16,25H2,1H3,(H,35,38)(H2,34,36,37). The van der Waals surface area contributed by atoms with Crippen molar-refractivity contribution in [1.82, 2.24) is 4.72 Å². The van der Waals surface area contributed by atoms with Gasteiger partial charge in [-0.3, -0.25) is 4.79 Å². The van der Waals surface area contributed by atoms with Gasteiger partial charge in [-0.05, 0) is 53.6 Å². The Kier molecular flexibility index (Phi) is 14.7. The van der Waals surface area contributed by atoms with Gasteiger partial charge < -0.3 is 10.6 Å². The Hall–Kier alpha value is -3.04. The van der Waals surface area contributed by atoms with E-state index in [0.29, 0.717) is 11.4 Å². The molecule has 0 atom stereocenters. The third-order valence-electron chi connectivity index (χ3n) is 7.13. The zero-order chi connectivity index (χ0) is 30.0. The lowest BCUT2D eigenvalue weighted by Crippen LogP contribution is -2.34. The molecule has 0 aliphatic heterocycles. The molecule has 3 amide bonds. The SMILES string of the molecule is CCCCCCCCCCCCCCCSC(=O)Nc1ccc(NC(=O)NS(=O)(=O)c2ccc3ccccc3c2)cc1. The highest BCUT2D eigenvalue weighted by molar-refractivity contribution is 8.13. The van der Waals surface area contributed by atoms with Crippen molar-refractivity contribution in [2.45, 2.75) is 95.3 Å². The lowest BCUT2D eigenvalue weighted by molar-refractivity contribution is 0.256. The van der Waals surface area contributed by atoms with Gasteiger partial charge in [-0.15, -0.1) is 0 Å². The summed E-state index contributed by atoms with van der Waals surface area (Å²) < 4.78 is 27.4. The maximum absolute atomic E-state index is 12.7. The van der Waals surface area contributed by atoms with Crippen molar-refractivity contribution in [3.05, 3.63) is 66.7 Å². The Balaban J connectivity index is 1.27. The second-order valence-corrected chi connectivity index (χ2v) is 13.4. The first-order valence-corrected chi connectivity index (χ1v) is 17.7. The van der Waals surface area contributed by atoms with E-state index in [1.807, 2.05) is 29.0 Å². The minimum Gasteiger partial charge on any atom is -0.317 e. The van der Waals surface area contributed by atoms with Crippen LogP contribution in [0.3, 0.4) is 0 Å². The van der Waals surface area contributed by atoms with E-state index in [2.05, 4.69) is 17.6 Å². The Morgan fingerprint density at radius 2 is 1.17 bits per heavy atom. The highest BCUT2D eigenvalue weighted by Crippen LogP contribution is 2.20. The van der Waals surface area contributed by atoms with Crippen LogP contribution in [0, 0.1) is 0 Å². The molecule has 0 spiro atoms. The molecule has 3 N–H and O–H groups in total. The van der Waals surface area contributed by atoms with Gasteiger partial charge in [-0.25, -0.2) is 17.9 Å².